The standard InChI is InChI=1S/C25H29NO5/c1-16-9-11-17(12-10-16)15-20(26-18-7-5-4-6-8-18)25-14-13-19(31-25)21(23(27)29-2)22(25)24(28)30-3/h4-12,19-22,26H,13-15H2,1-3H3/t19-,20+,21+,22-,25-/m1/s1. The molecular weight excluding hydrogens is 394 g/mol. The molecule has 0 amide bonds. The molecule has 2 heterocycles. The molecule has 2 bridgehead atoms. The summed E-state index contributed by atoms with van der Waals surface area (Å²) in [5.74, 6) is -2.24. The number of rotatable bonds is 7. The van der Waals surface area contributed by atoms with Crippen LogP contribution in [0.5, 0.6) is 0 Å². The van der Waals surface area contributed by atoms with E-state index in [1.807, 2.05) is 30.3 Å². The number of hydrogen-bond donors (Lipinski definition) is 1. The maximum atomic E-state index is 13.0. The summed E-state index contributed by atoms with van der Waals surface area (Å²) in [6, 6.07) is 18.0. The van der Waals surface area contributed by atoms with Crippen LogP contribution in [0.25, 0.3) is 0 Å². The zero-order chi connectivity index (χ0) is 22.0. The number of carbonyl (C=O) groups excluding carboxylic acids is 2. The summed E-state index contributed by atoms with van der Waals surface area (Å²) < 4.78 is 16.7. The average molecular weight is 424 g/mol. The molecule has 6 nitrogen and oxygen atoms in total. The van der Waals surface area contributed by atoms with Crippen LogP contribution in [0.1, 0.15) is 24.0 Å². The van der Waals surface area contributed by atoms with Gasteiger partial charge in [-0.15, -0.1) is 0 Å². The number of nitrogens with one attached hydrogen (secondary N) is 1. The lowest BCUT2D eigenvalue weighted by atomic mass is 9.67. The third-order valence-electron chi connectivity index (χ3n) is 6.67. The number of aryl methyl sites for hydroxylation is 1. The highest BCUT2D eigenvalue weighted by Gasteiger charge is 2.68. The second-order valence-electron chi connectivity index (χ2n) is 8.45. The van der Waals surface area contributed by atoms with Crippen LogP contribution in [0.3, 0.4) is 0 Å². The number of fused-ring (bicyclic) bond motifs is 2. The summed E-state index contributed by atoms with van der Waals surface area (Å²) in [5.41, 5.74) is 2.39. The van der Waals surface area contributed by atoms with Crippen molar-refractivity contribution in [2.75, 3.05) is 19.5 Å². The first kappa shape index (κ1) is 21.4. The van der Waals surface area contributed by atoms with E-state index in [9.17, 15) is 9.59 Å². The van der Waals surface area contributed by atoms with Crippen molar-refractivity contribution in [3.63, 3.8) is 0 Å². The van der Waals surface area contributed by atoms with E-state index in [2.05, 4.69) is 36.5 Å². The van der Waals surface area contributed by atoms with Gasteiger partial charge in [-0.1, -0.05) is 48.0 Å². The number of esters is 2. The minimum absolute atomic E-state index is 0.235. The molecule has 2 fully saturated rings. The fraction of sp³-hybridized carbons (Fsp3) is 0.440. The van der Waals surface area contributed by atoms with Crippen molar-refractivity contribution in [3.05, 3.63) is 65.7 Å². The largest absolute Gasteiger partial charge is 0.469 e. The lowest BCUT2D eigenvalue weighted by molar-refractivity contribution is -0.160. The molecule has 2 saturated heterocycles. The summed E-state index contributed by atoms with van der Waals surface area (Å²) in [5, 5.41) is 3.60. The molecular formula is C25H29NO5. The number of benzene rings is 2. The molecule has 0 saturated carbocycles. The van der Waals surface area contributed by atoms with Crippen molar-refractivity contribution in [3.8, 4) is 0 Å². The Morgan fingerprint density at radius 2 is 1.74 bits per heavy atom. The highest BCUT2D eigenvalue weighted by atomic mass is 16.6. The third-order valence-corrected chi connectivity index (χ3v) is 6.67. The molecule has 0 aliphatic carbocycles. The molecule has 164 valence electrons. The van der Waals surface area contributed by atoms with Crippen molar-refractivity contribution in [2.24, 2.45) is 11.8 Å². The van der Waals surface area contributed by atoms with Crippen LogP contribution >= 0.6 is 0 Å². The highest BCUT2D eigenvalue weighted by molar-refractivity contribution is 5.85. The smallest absolute Gasteiger partial charge is 0.312 e. The number of anilines is 1. The maximum absolute atomic E-state index is 13.0. The zero-order valence-electron chi connectivity index (χ0n) is 18.2. The quantitative estimate of drug-likeness (QED) is 0.687. The van der Waals surface area contributed by atoms with Gasteiger partial charge in [0.25, 0.3) is 0 Å². The molecule has 0 spiro atoms. The van der Waals surface area contributed by atoms with E-state index < -0.39 is 29.4 Å². The van der Waals surface area contributed by atoms with Crippen LogP contribution < -0.4 is 5.32 Å². The van der Waals surface area contributed by atoms with Crippen LogP contribution in [0.15, 0.2) is 54.6 Å². The lowest BCUT2D eigenvalue weighted by Gasteiger charge is -2.40. The molecule has 0 aromatic heterocycles. The Balaban J connectivity index is 1.74. The Kier molecular flexibility index (Phi) is 6.01. The number of carbonyl (C=O) groups is 2. The molecule has 6 heteroatoms. The van der Waals surface area contributed by atoms with E-state index in [4.69, 9.17) is 14.2 Å². The number of methoxy groups -OCH3 is 2. The number of para-hydroxylation sites is 1. The van der Waals surface area contributed by atoms with Gasteiger partial charge in [0, 0.05) is 5.69 Å². The van der Waals surface area contributed by atoms with Crippen LogP contribution in [0, 0.1) is 18.8 Å². The fourth-order valence-electron chi connectivity index (χ4n) is 5.18. The van der Waals surface area contributed by atoms with Gasteiger partial charge in [0.2, 0.25) is 0 Å². The summed E-state index contributed by atoms with van der Waals surface area (Å²) in [6.45, 7) is 2.05. The highest BCUT2D eigenvalue weighted by Crippen LogP contribution is 2.54. The monoisotopic (exact) mass is 423 g/mol. The van der Waals surface area contributed by atoms with Gasteiger partial charge in [-0.25, -0.2) is 0 Å². The van der Waals surface area contributed by atoms with E-state index in [1.165, 1.54) is 19.8 Å². The van der Waals surface area contributed by atoms with E-state index in [1.54, 1.807) is 0 Å². The van der Waals surface area contributed by atoms with E-state index in [-0.39, 0.29) is 12.1 Å². The number of ether oxygens (including phenoxy) is 3. The Morgan fingerprint density at radius 3 is 2.39 bits per heavy atom. The summed E-state index contributed by atoms with van der Waals surface area (Å²) >= 11 is 0. The summed E-state index contributed by atoms with van der Waals surface area (Å²) in [7, 11) is 2.71. The zero-order valence-corrected chi connectivity index (χ0v) is 18.2. The van der Waals surface area contributed by atoms with Gasteiger partial charge < -0.3 is 19.5 Å². The average Bonchev–Trinajstić information content (AvgIpc) is 3.38. The summed E-state index contributed by atoms with van der Waals surface area (Å²) in [6.07, 6.45) is 1.66. The third kappa shape index (κ3) is 3.92. The minimum Gasteiger partial charge on any atom is -0.469 e. The van der Waals surface area contributed by atoms with E-state index >= 15 is 0 Å². The van der Waals surface area contributed by atoms with Crippen molar-refractivity contribution in [2.45, 2.75) is 43.9 Å². The molecule has 2 aliphatic heterocycles. The Bertz CT molecular complexity index is 929. The SMILES string of the molecule is COC(=O)[C@H]1[C@H]2CC[C@]([C@H](Cc3ccc(C)cc3)Nc3ccccc3)(O2)[C@H]1C(=O)OC. The van der Waals surface area contributed by atoms with Gasteiger partial charge in [0.15, 0.2) is 0 Å². The van der Waals surface area contributed by atoms with Gasteiger partial charge in [-0.05, 0) is 43.9 Å². The molecule has 1 N–H and O–H groups in total. The predicted molar refractivity (Wildman–Crippen MR) is 117 cm³/mol. The van der Waals surface area contributed by atoms with E-state index in [0.717, 1.165) is 11.3 Å². The first-order valence-corrected chi connectivity index (χ1v) is 10.7. The van der Waals surface area contributed by atoms with Crippen LogP contribution in [-0.4, -0.2) is 43.9 Å². The topological polar surface area (TPSA) is 73.9 Å². The number of hydrogen-bond acceptors (Lipinski definition) is 6. The second-order valence-corrected chi connectivity index (χ2v) is 8.45. The van der Waals surface area contributed by atoms with Gasteiger partial charge >= 0.3 is 11.9 Å². The predicted octanol–water partition coefficient (Wildman–Crippen LogP) is 3.53. The molecule has 2 aromatic carbocycles. The van der Waals surface area contributed by atoms with Gasteiger partial charge in [-0.2, -0.15) is 0 Å². The first-order chi connectivity index (χ1) is 15.0. The maximum Gasteiger partial charge on any atom is 0.312 e. The van der Waals surface area contributed by atoms with Crippen molar-refractivity contribution >= 4 is 17.6 Å². The molecule has 2 aromatic rings. The van der Waals surface area contributed by atoms with Gasteiger partial charge in [0.1, 0.15) is 11.5 Å². The first-order valence-electron chi connectivity index (χ1n) is 10.7. The molecule has 4 rings (SSSR count). The normalized spacial score (nSPS) is 27.5. The Labute approximate surface area is 182 Å². The molecule has 2 aliphatic rings. The lowest BCUT2D eigenvalue weighted by Crippen LogP contribution is -2.56. The van der Waals surface area contributed by atoms with Crippen molar-refractivity contribution < 1.29 is 23.8 Å². The van der Waals surface area contributed by atoms with Crippen LogP contribution in [0.2, 0.25) is 0 Å². The van der Waals surface area contributed by atoms with Gasteiger partial charge in [0.05, 0.1) is 32.3 Å². The molecule has 0 radical (unpaired) electrons. The van der Waals surface area contributed by atoms with Crippen LogP contribution in [0.4, 0.5) is 5.69 Å². The fourth-order valence-corrected chi connectivity index (χ4v) is 5.18. The van der Waals surface area contributed by atoms with Gasteiger partial charge in [-0.3, -0.25) is 9.59 Å². The van der Waals surface area contributed by atoms with Crippen LogP contribution in [-0.2, 0) is 30.2 Å². The molecule has 0 unspecified atom stereocenters. The van der Waals surface area contributed by atoms with E-state index in [0.29, 0.717) is 19.3 Å². The molecule has 31 heavy (non-hydrogen) atoms. The summed E-state index contributed by atoms with van der Waals surface area (Å²) in [4.78, 5) is 25.6. The minimum atomic E-state index is -0.864. The Morgan fingerprint density at radius 1 is 1.06 bits per heavy atom. The molecule has 5 atom stereocenters. The second kappa shape index (κ2) is 8.71. The Hall–Kier alpha value is -2.86. The van der Waals surface area contributed by atoms with Crippen molar-refractivity contribution in [1.29, 1.82) is 0 Å². The van der Waals surface area contributed by atoms with Crippen molar-refractivity contribution in [1.82, 2.24) is 0 Å².